The van der Waals surface area contributed by atoms with Crippen molar-refractivity contribution < 1.29 is 24.4 Å². The maximum atomic E-state index is 9.49. The summed E-state index contributed by atoms with van der Waals surface area (Å²) in [5, 5.41) is 18.9. The highest BCUT2D eigenvalue weighted by atomic mass is 16.7. The quantitative estimate of drug-likeness (QED) is 0.507. The van der Waals surface area contributed by atoms with Gasteiger partial charge in [-0.2, -0.15) is 0 Å². The molecule has 2 N–H and O–H groups in total. The van der Waals surface area contributed by atoms with Crippen LogP contribution in [-0.2, 0) is 14.2 Å². The SMILES string of the molecule is CO[C@@H]1O[C@H]2CO[C@H]([C@H]1O)[C@@H]2O. The van der Waals surface area contributed by atoms with Crippen LogP contribution >= 0.6 is 0 Å². The van der Waals surface area contributed by atoms with E-state index in [1.54, 1.807) is 0 Å². The van der Waals surface area contributed by atoms with Crippen LogP contribution in [0.3, 0.4) is 0 Å². The molecule has 2 aliphatic heterocycles. The van der Waals surface area contributed by atoms with Crippen LogP contribution in [0.1, 0.15) is 0 Å². The van der Waals surface area contributed by atoms with Crippen LogP contribution in [0.15, 0.2) is 0 Å². The Labute approximate surface area is 69.8 Å². The minimum absolute atomic E-state index is 0.322. The average Bonchev–Trinajstić information content (AvgIpc) is 2.31. The summed E-state index contributed by atoms with van der Waals surface area (Å²) in [4.78, 5) is 0. The van der Waals surface area contributed by atoms with Gasteiger partial charge in [0.15, 0.2) is 6.29 Å². The lowest BCUT2D eigenvalue weighted by Gasteiger charge is -2.33. The van der Waals surface area contributed by atoms with Gasteiger partial charge >= 0.3 is 0 Å². The first-order chi connectivity index (χ1) is 5.74. The maximum absolute atomic E-state index is 9.49. The Kier molecular flexibility index (Phi) is 2.05. The van der Waals surface area contributed by atoms with Crippen LogP contribution < -0.4 is 0 Å². The Balaban J connectivity index is 2.12. The van der Waals surface area contributed by atoms with Gasteiger partial charge in [-0.3, -0.25) is 0 Å². The summed E-state index contributed by atoms with van der Waals surface area (Å²) in [7, 11) is 1.45. The summed E-state index contributed by atoms with van der Waals surface area (Å²) >= 11 is 0. The zero-order valence-corrected chi connectivity index (χ0v) is 6.71. The van der Waals surface area contributed by atoms with Crippen molar-refractivity contribution in [1.82, 2.24) is 0 Å². The van der Waals surface area contributed by atoms with Gasteiger partial charge in [0.05, 0.1) is 6.61 Å². The van der Waals surface area contributed by atoms with E-state index in [0.29, 0.717) is 6.61 Å². The van der Waals surface area contributed by atoms with Gasteiger partial charge in [-0.05, 0) is 0 Å². The van der Waals surface area contributed by atoms with Gasteiger partial charge in [0.2, 0.25) is 0 Å². The Bertz CT molecular complexity index is 173. The zero-order valence-electron chi connectivity index (χ0n) is 6.71. The van der Waals surface area contributed by atoms with E-state index < -0.39 is 24.6 Å². The third kappa shape index (κ3) is 1.06. The molecule has 0 saturated carbocycles. The molecule has 12 heavy (non-hydrogen) atoms. The molecule has 5 heteroatoms. The molecule has 70 valence electrons. The molecule has 2 bridgehead atoms. The smallest absolute Gasteiger partial charge is 0.186 e. The summed E-state index contributed by atoms with van der Waals surface area (Å²) in [6.45, 7) is 0.322. The number of fused-ring (bicyclic) bond motifs is 2. The van der Waals surface area contributed by atoms with Crippen molar-refractivity contribution in [2.75, 3.05) is 13.7 Å². The number of methoxy groups -OCH3 is 1. The van der Waals surface area contributed by atoms with Gasteiger partial charge < -0.3 is 24.4 Å². The lowest BCUT2D eigenvalue weighted by molar-refractivity contribution is -0.253. The molecule has 5 atom stereocenters. The van der Waals surface area contributed by atoms with E-state index in [2.05, 4.69) is 0 Å². The van der Waals surface area contributed by atoms with Gasteiger partial charge in [0.1, 0.15) is 24.4 Å². The monoisotopic (exact) mass is 176 g/mol. The second kappa shape index (κ2) is 2.93. The number of hydrogen-bond acceptors (Lipinski definition) is 5. The van der Waals surface area contributed by atoms with Crippen molar-refractivity contribution in [2.24, 2.45) is 0 Å². The number of aliphatic hydroxyl groups is 2. The molecule has 2 rings (SSSR count). The van der Waals surface area contributed by atoms with Gasteiger partial charge in [-0.1, -0.05) is 0 Å². The Morgan fingerprint density at radius 1 is 1.33 bits per heavy atom. The Hall–Kier alpha value is -0.200. The summed E-state index contributed by atoms with van der Waals surface area (Å²) in [5.41, 5.74) is 0. The average molecular weight is 176 g/mol. The molecular formula is C7H12O5. The first-order valence-electron chi connectivity index (χ1n) is 3.90. The molecule has 0 radical (unpaired) electrons. The lowest BCUT2D eigenvalue weighted by atomic mass is 10.0. The third-order valence-corrected chi connectivity index (χ3v) is 2.33. The molecule has 2 saturated heterocycles. The molecule has 0 unspecified atom stereocenters. The fourth-order valence-electron chi connectivity index (χ4n) is 1.64. The van der Waals surface area contributed by atoms with Crippen molar-refractivity contribution in [3.8, 4) is 0 Å². The van der Waals surface area contributed by atoms with E-state index in [-0.39, 0.29) is 6.10 Å². The van der Waals surface area contributed by atoms with Crippen LogP contribution in [-0.4, -0.2) is 54.6 Å². The van der Waals surface area contributed by atoms with Crippen molar-refractivity contribution in [2.45, 2.75) is 30.7 Å². The molecule has 0 spiro atoms. The minimum Gasteiger partial charge on any atom is -0.387 e. The van der Waals surface area contributed by atoms with Gasteiger partial charge in [-0.15, -0.1) is 0 Å². The minimum atomic E-state index is -0.899. The van der Waals surface area contributed by atoms with Crippen molar-refractivity contribution in [1.29, 1.82) is 0 Å². The first-order valence-corrected chi connectivity index (χ1v) is 3.90. The van der Waals surface area contributed by atoms with Crippen LogP contribution in [0.4, 0.5) is 0 Å². The number of ether oxygens (including phenoxy) is 3. The highest BCUT2D eigenvalue weighted by molar-refractivity contribution is 4.94. The number of rotatable bonds is 1. The number of aliphatic hydroxyl groups excluding tert-OH is 2. The molecule has 0 aromatic carbocycles. The second-order valence-corrected chi connectivity index (χ2v) is 3.06. The molecular weight excluding hydrogens is 164 g/mol. The van der Waals surface area contributed by atoms with Crippen LogP contribution in [0.25, 0.3) is 0 Å². The van der Waals surface area contributed by atoms with Gasteiger partial charge in [-0.25, -0.2) is 0 Å². The van der Waals surface area contributed by atoms with Crippen LogP contribution in [0, 0.1) is 0 Å². The topological polar surface area (TPSA) is 68.2 Å². The molecule has 2 aliphatic rings. The Morgan fingerprint density at radius 2 is 2.08 bits per heavy atom. The fourth-order valence-corrected chi connectivity index (χ4v) is 1.64. The lowest BCUT2D eigenvalue weighted by Crippen LogP contribution is -2.53. The van der Waals surface area contributed by atoms with E-state index >= 15 is 0 Å². The molecule has 0 aromatic heterocycles. The maximum Gasteiger partial charge on any atom is 0.186 e. The van der Waals surface area contributed by atoms with Crippen molar-refractivity contribution >= 4 is 0 Å². The van der Waals surface area contributed by atoms with E-state index in [1.165, 1.54) is 7.11 Å². The largest absolute Gasteiger partial charge is 0.387 e. The highest BCUT2D eigenvalue weighted by Gasteiger charge is 2.50. The summed E-state index contributed by atoms with van der Waals surface area (Å²) in [5.74, 6) is 0. The van der Waals surface area contributed by atoms with Crippen LogP contribution in [0.5, 0.6) is 0 Å². The van der Waals surface area contributed by atoms with Crippen LogP contribution in [0.2, 0.25) is 0 Å². The highest BCUT2D eigenvalue weighted by Crippen LogP contribution is 2.29. The summed E-state index contributed by atoms with van der Waals surface area (Å²) in [6, 6.07) is 0. The molecule has 0 aliphatic carbocycles. The van der Waals surface area contributed by atoms with Crippen molar-refractivity contribution in [3.63, 3.8) is 0 Å². The second-order valence-electron chi connectivity index (χ2n) is 3.06. The standard InChI is InChI=1S/C7H12O5/c1-10-7-5(9)6-4(8)3(12-7)2-11-6/h3-9H,2H2,1H3/t3-,4+,5+,6-,7+/m0/s1. The third-order valence-electron chi connectivity index (χ3n) is 2.33. The number of hydrogen-bond donors (Lipinski definition) is 2. The zero-order chi connectivity index (χ0) is 8.72. The molecule has 2 fully saturated rings. The predicted octanol–water partition coefficient (Wildman–Crippen LogP) is -1.52. The van der Waals surface area contributed by atoms with Crippen molar-refractivity contribution in [3.05, 3.63) is 0 Å². The fraction of sp³-hybridized carbons (Fsp3) is 1.00. The van der Waals surface area contributed by atoms with E-state index in [4.69, 9.17) is 14.2 Å². The van der Waals surface area contributed by atoms with E-state index in [9.17, 15) is 10.2 Å². The predicted molar refractivity (Wildman–Crippen MR) is 37.4 cm³/mol. The molecule has 2 heterocycles. The summed E-state index contributed by atoms with van der Waals surface area (Å²) in [6.07, 6.45) is -3.22. The Morgan fingerprint density at radius 3 is 2.75 bits per heavy atom. The molecule has 0 amide bonds. The van der Waals surface area contributed by atoms with E-state index in [0.717, 1.165) is 0 Å². The summed E-state index contributed by atoms with van der Waals surface area (Å²) < 4.78 is 15.2. The van der Waals surface area contributed by atoms with Gasteiger partial charge in [0, 0.05) is 7.11 Å². The first kappa shape index (κ1) is 8.40. The molecule has 0 aromatic rings. The van der Waals surface area contributed by atoms with E-state index in [1.807, 2.05) is 0 Å². The molecule has 5 nitrogen and oxygen atoms in total. The normalized spacial score (nSPS) is 52.8. The van der Waals surface area contributed by atoms with Gasteiger partial charge in [0.25, 0.3) is 0 Å².